The molecule has 15 heavy (non-hydrogen) atoms. The molecule has 0 spiro atoms. The first kappa shape index (κ1) is 13.3. The highest BCUT2D eigenvalue weighted by Gasteiger charge is 2.36. The quantitative estimate of drug-likeness (QED) is 0.367. The summed E-state index contributed by atoms with van der Waals surface area (Å²) in [5.41, 5.74) is 0. The lowest BCUT2D eigenvalue weighted by molar-refractivity contribution is -0.525. The number of carbonyl (C=O) groups excluding carboxylic acids is 2. The average molecular weight is 219 g/mol. The Labute approximate surface area is 86.5 Å². The Morgan fingerprint density at radius 2 is 1.87 bits per heavy atom. The number of ether oxygens (including phenoxy) is 2. The van der Waals surface area contributed by atoms with Crippen LogP contribution in [-0.2, 0) is 19.1 Å². The predicted molar refractivity (Wildman–Crippen MR) is 48.6 cm³/mol. The van der Waals surface area contributed by atoms with Crippen molar-refractivity contribution in [2.75, 3.05) is 14.2 Å². The monoisotopic (exact) mass is 219 g/mol. The molecule has 0 fully saturated rings. The van der Waals surface area contributed by atoms with Gasteiger partial charge in [-0.15, -0.1) is 0 Å². The van der Waals surface area contributed by atoms with E-state index in [-0.39, 0.29) is 6.42 Å². The lowest BCUT2D eigenvalue weighted by atomic mass is 9.98. The van der Waals surface area contributed by atoms with Crippen LogP contribution in [0.1, 0.15) is 13.3 Å². The van der Waals surface area contributed by atoms with Crippen molar-refractivity contribution in [2.24, 2.45) is 5.92 Å². The highest BCUT2D eigenvalue weighted by molar-refractivity contribution is 5.80. The molecule has 0 aliphatic rings. The van der Waals surface area contributed by atoms with E-state index in [1.54, 1.807) is 0 Å². The molecule has 0 saturated carbocycles. The molecule has 0 bridgehead atoms. The number of hydrogen-bond acceptors (Lipinski definition) is 6. The molecule has 7 heteroatoms. The van der Waals surface area contributed by atoms with Crippen molar-refractivity contribution in [3.05, 3.63) is 10.1 Å². The molecule has 0 saturated heterocycles. The highest BCUT2D eigenvalue weighted by Crippen LogP contribution is 2.14. The molecule has 2 atom stereocenters. The Morgan fingerprint density at radius 1 is 1.33 bits per heavy atom. The van der Waals surface area contributed by atoms with E-state index in [4.69, 9.17) is 0 Å². The molecular weight excluding hydrogens is 206 g/mol. The molecule has 0 N–H and O–H groups in total. The summed E-state index contributed by atoms with van der Waals surface area (Å²) >= 11 is 0. The second-order valence-electron chi connectivity index (χ2n) is 2.94. The van der Waals surface area contributed by atoms with Crippen molar-refractivity contribution in [3.63, 3.8) is 0 Å². The van der Waals surface area contributed by atoms with Crippen molar-refractivity contribution in [2.45, 2.75) is 19.4 Å². The van der Waals surface area contributed by atoms with Gasteiger partial charge in [0.05, 0.1) is 20.6 Å². The van der Waals surface area contributed by atoms with Gasteiger partial charge in [-0.1, -0.05) is 0 Å². The second kappa shape index (κ2) is 5.94. The number of carbonyl (C=O) groups is 2. The van der Waals surface area contributed by atoms with Crippen LogP contribution in [-0.4, -0.2) is 37.1 Å². The highest BCUT2D eigenvalue weighted by atomic mass is 16.6. The van der Waals surface area contributed by atoms with E-state index in [1.807, 2.05) is 0 Å². The number of rotatable bonds is 5. The van der Waals surface area contributed by atoms with E-state index in [9.17, 15) is 19.7 Å². The van der Waals surface area contributed by atoms with Crippen LogP contribution in [0.25, 0.3) is 0 Å². The first-order valence-corrected chi connectivity index (χ1v) is 4.22. The van der Waals surface area contributed by atoms with Gasteiger partial charge in [-0.3, -0.25) is 19.7 Å². The van der Waals surface area contributed by atoms with Crippen LogP contribution in [0.3, 0.4) is 0 Å². The Hall–Kier alpha value is -1.66. The predicted octanol–water partition coefficient (Wildman–Crippen LogP) is 0.00390. The second-order valence-corrected chi connectivity index (χ2v) is 2.94. The smallest absolute Gasteiger partial charge is 0.316 e. The number of nitro groups is 1. The van der Waals surface area contributed by atoms with E-state index in [1.165, 1.54) is 6.92 Å². The van der Waals surface area contributed by atoms with Crippen LogP contribution in [0.5, 0.6) is 0 Å². The van der Waals surface area contributed by atoms with Gasteiger partial charge in [-0.25, -0.2) is 0 Å². The third-order valence-corrected chi connectivity index (χ3v) is 2.03. The molecule has 0 aliphatic carbocycles. The molecule has 0 heterocycles. The molecule has 0 aromatic heterocycles. The fourth-order valence-electron chi connectivity index (χ4n) is 1.01. The van der Waals surface area contributed by atoms with Crippen molar-refractivity contribution < 1.29 is 24.0 Å². The molecule has 7 nitrogen and oxygen atoms in total. The summed E-state index contributed by atoms with van der Waals surface area (Å²) in [7, 11) is 2.26. The summed E-state index contributed by atoms with van der Waals surface area (Å²) in [6, 6.07) is -1.18. The Balaban J connectivity index is 4.65. The van der Waals surface area contributed by atoms with Crippen molar-refractivity contribution in [1.82, 2.24) is 0 Å². The fraction of sp³-hybridized carbons (Fsp3) is 0.750. The van der Waals surface area contributed by atoms with Crippen LogP contribution in [0.15, 0.2) is 0 Å². The van der Waals surface area contributed by atoms with Crippen LogP contribution in [0.4, 0.5) is 0 Å². The lowest BCUT2D eigenvalue weighted by Crippen LogP contribution is -2.35. The largest absolute Gasteiger partial charge is 0.469 e. The van der Waals surface area contributed by atoms with Gasteiger partial charge in [0, 0.05) is 11.8 Å². The van der Waals surface area contributed by atoms with Gasteiger partial charge in [0.1, 0.15) is 5.92 Å². The van der Waals surface area contributed by atoms with E-state index in [0.717, 1.165) is 14.2 Å². The van der Waals surface area contributed by atoms with Gasteiger partial charge < -0.3 is 9.47 Å². The van der Waals surface area contributed by atoms with Crippen molar-refractivity contribution in [3.8, 4) is 0 Å². The van der Waals surface area contributed by atoms with Crippen molar-refractivity contribution >= 4 is 11.9 Å². The third-order valence-electron chi connectivity index (χ3n) is 2.03. The molecule has 86 valence electrons. The zero-order valence-electron chi connectivity index (χ0n) is 8.76. The maximum absolute atomic E-state index is 11.2. The van der Waals surface area contributed by atoms with E-state index in [0.29, 0.717) is 0 Å². The first-order chi connectivity index (χ1) is 6.93. The minimum atomic E-state index is -1.18. The number of methoxy groups -OCH3 is 2. The normalized spacial score (nSPS) is 13.8. The summed E-state index contributed by atoms with van der Waals surface area (Å²) in [4.78, 5) is 31.9. The topological polar surface area (TPSA) is 95.7 Å². The number of hydrogen-bond donors (Lipinski definition) is 0. The van der Waals surface area contributed by atoms with Gasteiger partial charge in [-0.2, -0.15) is 0 Å². The molecule has 0 radical (unpaired) electrons. The van der Waals surface area contributed by atoms with Gasteiger partial charge in [-0.05, 0) is 0 Å². The molecule has 0 aromatic carbocycles. The molecule has 0 unspecified atom stereocenters. The van der Waals surface area contributed by atoms with E-state index >= 15 is 0 Å². The molecular formula is C8H13NO6. The minimum Gasteiger partial charge on any atom is -0.469 e. The third kappa shape index (κ3) is 3.92. The summed E-state index contributed by atoms with van der Waals surface area (Å²) in [6.07, 6.45) is -0.356. The Kier molecular flexibility index (Phi) is 5.29. The van der Waals surface area contributed by atoms with E-state index < -0.39 is 28.8 Å². The SMILES string of the molecule is COC(=O)C[C@@H](C(=O)OC)[C@H](C)[N+](=O)[O-]. The van der Waals surface area contributed by atoms with Crippen LogP contribution >= 0.6 is 0 Å². The standard InChI is InChI=1S/C8H13NO6/c1-5(9(12)13)6(8(11)15-3)4-7(10)14-2/h5-6H,4H2,1-3H3/t5-,6+/m0/s1. The fourth-order valence-corrected chi connectivity index (χ4v) is 1.01. The minimum absolute atomic E-state index is 0.356. The summed E-state index contributed by atoms with van der Waals surface area (Å²) in [5.74, 6) is -2.58. The Morgan fingerprint density at radius 3 is 2.20 bits per heavy atom. The van der Waals surface area contributed by atoms with Gasteiger partial charge in [0.25, 0.3) is 0 Å². The maximum Gasteiger partial charge on any atom is 0.316 e. The van der Waals surface area contributed by atoms with Crippen LogP contribution in [0.2, 0.25) is 0 Å². The van der Waals surface area contributed by atoms with Gasteiger partial charge in [0.2, 0.25) is 6.04 Å². The zero-order chi connectivity index (χ0) is 12.0. The molecule has 0 aromatic rings. The average Bonchev–Trinajstić information content (AvgIpc) is 2.23. The summed E-state index contributed by atoms with van der Waals surface area (Å²) < 4.78 is 8.71. The number of esters is 2. The molecule has 0 aliphatic heterocycles. The lowest BCUT2D eigenvalue weighted by Gasteiger charge is -2.14. The van der Waals surface area contributed by atoms with Crippen LogP contribution < -0.4 is 0 Å². The maximum atomic E-state index is 11.2. The van der Waals surface area contributed by atoms with Crippen molar-refractivity contribution in [1.29, 1.82) is 0 Å². The molecule has 0 rings (SSSR count). The molecule has 0 amide bonds. The zero-order valence-corrected chi connectivity index (χ0v) is 8.76. The summed E-state index contributed by atoms with van der Waals surface area (Å²) in [6.45, 7) is 1.24. The summed E-state index contributed by atoms with van der Waals surface area (Å²) in [5, 5.41) is 10.5. The van der Waals surface area contributed by atoms with Crippen LogP contribution in [0, 0.1) is 16.0 Å². The van der Waals surface area contributed by atoms with Gasteiger partial charge >= 0.3 is 11.9 Å². The first-order valence-electron chi connectivity index (χ1n) is 4.22. The van der Waals surface area contributed by atoms with E-state index in [2.05, 4.69) is 9.47 Å². The Bertz CT molecular complexity index is 264. The number of nitrogens with zero attached hydrogens (tertiary/aromatic N) is 1. The van der Waals surface area contributed by atoms with Gasteiger partial charge in [0.15, 0.2) is 0 Å².